The summed E-state index contributed by atoms with van der Waals surface area (Å²) in [6.45, 7) is 5.49. The first-order chi connectivity index (χ1) is 6.76. The third-order valence-corrected chi connectivity index (χ3v) is 2.64. The highest BCUT2D eigenvalue weighted by Crippen LogP contribution is 2.15. The van der Waals surface area contributed by atoms with Crippen LogP contribution in [0.25, 0.3) is 0 Å². The SMILES string of the molecule is CCCCC(CC)Cn1cc(N)cn1. The molecule has 2 N–H and O–H groups in total. The van der Waals surface area contributed by atoms with Crippen LogP contribution in [0.15, 0.2) is 12.4 Å². The smallest absolute Gasteiger partial charge is 0.0719 e. The van der Waals surface area contributed by atoms with Crippen molar-refractivity contribution in [3.8, 4) is 0 Å². The maximum absolute atomic E-state index is 5.61. The second kappa shape index (κ2) is 5.68. The number of nitrogen functional groups attached to an aromatic ring is 1. The van der Waals surface area contributed by atoms with E-state index in [1.807, 2.05) is 10.9 Å². The standard InChI is InChI=1S/C11H21N3/c1-3-5-6-10(4-2)8-14-9-11(12)7-13-14/h7,9-10H,3-6,8,12H2,1-2H3. The highest BCUT2D eigenvalue weighted by atomic mass is 15.3. The van der Waals surface area contributed by atoms with Gasteiger partial charge in [0, 0.05) is 12.7 Å². The Morgan fingerprint density at radius 3 is 2.79 bits per heavy atom. The number of nitrogens with two attached hydrogens (primary N) is 1. The zero-order chi connectivity index (χ0) is 10.4. The van der Waals surface area contributed by atoms with E-state index in [-0.39, 0.29) is 0 Å². The van der Waals surface area contributed by atoms with Gasteiger partial charge in [0.25, 0.3) is 0 Å². The van der Waals surface area contributed by atoms with Crippen LogP contribution in [0.1, 0.15) is 39.5 Å². The van der Waals surface area contributed by atoms with Crippen LogP contribution in [-0.2, 0) is 6.54 Å². The highest BCUT2D eigenvalue weighted by Gasteiger charge is 2.07. The van der Waals surface area contributed by atoms with E-state index >= 15 is 0 Å². The molecule has 1 rings (SSSR count). The van der Waals surface area contributed by atoms with Crippen molar-refractivity contribution in [2.45, 2.75) is 46.1 Å². The summed E-state index contributed by atoms with van der Waals surface area (Å²) >= 11 is 0. The maximum Gasteiger partial charge on any atom is 0.0719 e. The Hall–Kier alpha value is -0.990. The number of anilines is 1. The van der Waals surface area contributed by atoms with Gasteiger partial charge in [-0.2, -0.15) is 5.10 Å². The van der Waals surface area contributed by atoms with Gasteiger partial charge < -0.3 is 5.73 Å². The van der Waals surface area contributed by atoms with E-state index in [0.29, 0.717) is 0 Å². The van der Waals surface area contributed by atoms with Gasteiger partial charge in [0.05, 0.1) is 11.9 Å². The van der Waals surface area contributed by atoms with Crippen molar-refractivity contribution >= 4 is 5.69 Å². The molecule has 0 saturated carbocycles. The predicted octanol–water partition coefficient (Wildman–Crippen LogP) is 2.68. The Labute approximate surface area is 86.3 Å². The van der Waals surface area contributed by atoms with E-state index in [1.165, 1.54) is 25.7 Å². The maximum atomic E-state index is 5.61. The van der Waals surface area contributed by atoms with Crippen molar-refractivity contribution < 1.29 is 0 Å². The summed E-state index contributed by atoms with van der Waals surface area (Å²) < 4.78 is 1.96. The lowest BCUT2D eigenvalue weighted by Crippen LogP contribution is -2.10. The number of nitrogens with zero attached hydrogens (tertiary/aromatic N) is 2. The summed E-state index contributed by atoms with van der Waals surface area (Å²) in [4.78, 5) is 0. The molecule has 0 aliphatic carbocycles. The summed E-state index contributed by atoms with van der Waals surface area (Å²) in [7, 11) is 0. The molecule has 0 aliphatic rings. The third-order valence-electron chi connectivity index (χ3n) is 2.64. The fourth-order valence-corrected chi connectivity index (χ4v) is 1.66. The third kappa shape index (κ3) is 3.40. The zero-order valence-electron chi connectivity index (χ0n) is 9.24. The minimum Gasteiger partial charge on any atom is -0.396 e. The van der Waals surface area contributed by atoms with Crippen LogP contribution in [0, 0.1) is 5.92 Å². The molecule has 1 atom stereocenters. The average Bonchev–Trinajstić information content (AvgIpc) is 2.58. The van der Waals surface area contributed by atoms with Crippen molar-refractivity contribution in [3.05, 3.63) is 12.4 Å². The summed E-state index contributed by atoms with van der Waals surface area (Å²) in [5, 5.41) is 4.20. The molecule has 14 heavy (non-hydrogen) atoms. The average molecular weight is 195 g/mol. The van der Waals surface area contributed by atoms with Crippen LogP contribution in [0.5, 0.6) is 0 Å². The molecule has 1 aromatic rings. The molecule has 0 bridgehead atoms. The molecular formula is C11H21N3. The van der Waals surface area contributed by atoms with E-state index < -0.39 is 0 Å². The Kier molecular flexibility index (Phi) is 4.50. The minimum atomic E-state index is 0.745. The van der Waals surface area contributed by atoms with Gasteiger partial charge in [0.2, 0.25) is 0 Å². The molecule has 0 fully saturated rings. The molecule has 0 aliphatic heterocycles. The van der Waals surface area contributed by atoms with Crippen LogP contribution in [0.4, 0.5) is 5.69 Å². The first-order valence-corrected chi connectivity index (χ1v) is 5.54. The van der Waals surface area contributed by atoms with Gasteiger partial charge in [-0.15, -0.1) is 0 Å². The Morgan fingerprint density at radius 1 is 1.50 bits per heavy atom. The van der Waals surface area contributed by atoms with E-state index in [1.54, 1.807) is 6.20 Å². The lowest BCUT2D eigenvalue weighted by molar-refractivity contribution is 0.372. The van der Waals surface area contributed by atoms with Crippen LogP contribution in [-0.4, -0.2) is 9.78 Å². The lowest BCUT2D eigenvalue weighted by atomic mass is 10.00. The van der Waals surface area contributed by atoms with Gasteiger partial charge in [-0.05, 0) is 12.3 Å². The van der Waals surface area contributed by atoms with Crippen molar-refractivity contribution in [1.29, 1.82) is 0 Å². The molecule has 0 aromatic carbocycles. The summed E-state index contributed by atoms with van der Waals surface area (Å²) in [5.74, 6) is 0.745. The van der Waals surface area contributed by atoms with Gasteiger partial charge in [-0.25, -0.2) is 0 Å². The van der Waals surface area contributed by atoms with Crippen molar-refractivity contribution in [3.63, 3.8) is 0 Å². The van der Waals surface area contributed by atoms with Gasteiger partial charge in [0.1, 0.15) is 0 Å². The first kappa shape index (κ1) is 11.1. The monoisotopic (exact) mass is 195 g/mol. The fourth-order valence-electron chi connectivity index (χ4n) is 1.66. The van der Waals surface area contributed by atoms with E-state index in [4.69, 9.17) is 5.73 Å². The van der Waals surface area contributed by atoms with Crippen LogP contribution < -0.4 is 5.73 Å². The quantitative estimate of drug-likeness (QED) is 0.758. The predicted molar refractivity (Wildman–Crippen MR) is 59.9 cm³/mol. The van der Waals surface area contributed by atoms with Gasteiger partial charge in [-0.1, -0.05) is 33.1 Å². The molecule has 1 unspecified atom stereocenters. The molecule has 80 valence electrons. The Balaban J connectivity index is 2.40. The molecule has 1 aromatic heterocycles. The van der Waals surface area contributed by atoms with Crippen LogP contribution >= 0.6 is 0 Å². The summed E-state index contributed by atoms with van der Waals surface area (Å²) in [5.41, 5.74) is 6.37. The van der Waals surface area contributed by atoms with Gasteiger partial charge >= 0.3 is 0 Å². The van der Waals surface area contributed by atoms with Gasteiger partial charge in [0.15, 0.2) is 0 Å². The normalized spacial score (nSPS) is 13.0. The van der Waals surface area contributed by atoms with Crippen molar-refractivity contribution in [2.24, 2.45) is 5.92 Å². The number of unbranched alkanes of at least 4 members (excludes halogenated alkanes) is 1. The Morgan fingerprint density at radius 2 is 2.29 bits per heavy atom. The zero-order valence-corrected chi connectivity index (χ0v) is 9.24. The Bertz CT molecular complexity index is 255. The molecule has 0 saturated heterocycles. The van der Waals surface area contributed by atoms with Gasteiger partial charge in [-0.3, -0.25) is 4.68 Å². The number of rotatable bonds is 6. The van der Waals surface area contributed by atoms with Crippen molar-refractivity contribution in [1.82, 2.24) is 9.78 Å². The topological polar surface area (TPSA) is 43.8 Å². The van der Waals surface area contributed by atoms with E-state index in [2.05, 4.69) is 18.9 Å². The second-order valence-corrected chi connectivity index (χ2v) is 3.91. The molecule has 0 radical (unpaired) electrons. The summed E-state index contributed by atoms with van der Waals surface area (Å²) in [6.07, 6.45) is 8.74. The largest absolute Gasteiger partial charge is 0.396 e. The molecule has 0 amide bonds. The second-order valence-electron chi connectivity index (χ2n) is 3.91. The van der Waals surface area contributed by atoms with Crippen LogP contribution in [0.3, 0.4) is 0 Å². The highest BCUT2D eigenvalue weighted by molar-refractivity contribution is 5.30. The molecule has 1 heterocycles. The summed E-state index contributed by atoms with van der Waals surface area (Å²) in [6, 6.07) is 0. The number of aromatic nitrogens is 2. The molecule has 3 nitrogen and oxygen atoms in total. The number of hydrogen-bond donors (Lipinski definition) is 1. The fraction of sp³-hybridized carbons (Fsp3) is 0.727. The lowest BCUT2D eigenvalue weighted by Gasteiger charge is -2.13. The van der Waals surface area contributed by atoms with E-state index in [9.17, 15) is 0 Å². The van der Waals surface area contributed by atoms with Crippen molar-refractivity contribution in [2.75, 3.05) is 5.73 Å². The van der Waals surface area contributed by atoms with Crippen LogP contribution in [0.2, 0.25) is 0 Å². The number of hydrogen-bond acceptors (Lipinski definition) is 2. The molecule has 0 spiro atoms. The molecular weight excluding hydrogens is 174 g/mol. The minimum absolute atomic E-state index is 0.745. The van der Waals surface area contributed by atoms with E-state index in [0.717, 1.165) is 18.2 Å². The first-order valence-electron chi connectivity index (χ1n) is 5.54. The molecule has 3 heteroatoms.